The van der Waals surface area contributed by atoms with E-state index in [4.69, 9.17) is 4.74 Å². The quantitative estimate of drug-likeness (QED) is 0.207. The Morgan fingerprint density at radius 2 is 1.65 bits per heavy atom. The van der Waals surface area contributed by atoms with Gasteiger partial charge in [0.05, 0.1) is 0 Å². The molecule has 5 fully saturated rings. The lowest BCUT2D eigenvalue weighted by molar-refractivity contribution is -0.219. The number of hydrogen-bond donors (Lipinski definition) is 1. The van der Waals surface area contributed by atoms with Crippen LogP contribution in [0, 0.1) is 51.2 Å². The second-order valence-electron chi connectivity index (χ2n) is 19.1. The van der Waals surface area contributed by atoms with Gasteiger partial charge in [0, 0.05) is 51.2 Å². The lowest BCUT2D eigenvalue weighted by Gasteiger charge is -2.72. The van der Waals surface area contributed by atoms with E-state index in [2.05, 4.69) is 81.4 Å². The molecule has 1 amide bonds. The molecule has 1 aromatic carbocycles. The fourth-order valence-corrected chi connectivity index (χ4v) is 14.2. The molecule has 1 aromatic rings. The molecule has 6 nitrogen and oxygen atoms in total. The number of nitrogens with zero attached hydrogens (tertiary/aromatic N) is 2. The average molecular weight is 698 g/mol. The number of hydrogen-bond acceptors (Lipinski definition) is 5. The van der Waals surface area contributed by atoms with Gasteiger partial charge in [0.25, 0.3) is 6.47 Å². The molecule has 280 valence electrons. The van der Waals surface area contributed by atoms with E-state index in [0.29, 0.717) is 59.1 Å². The number of amides is 1. The minimum absolute atomic E-state index is 0.0689. The Balaban J connectivity index is 1.11. The van der Waals surface area contributed by atoms with Crippen molar-refractivity contribution >= 4 is 18.0 Å². The van der Waals surface area contributed by atoms with Gasteiger partial charge >= 0.3 is 0 Å². The highest BCUT2D eigenvalue weighted by Gasteiger charge is 2.70. The molecule has 4 saturated carbocycles. The van der Waals surface area contributed by atoms with Crippen molar-refractivity contribution in [3.8, 4) is 5.75 Å². The van der Waals surface area contributed by atoms with Crippen LogP contribution in [-0.4, -0.2) is 67.0 Å². The number of allylic oxidation sites excluding steroid dienone is 3. The maximum absolute atomic E-state index is 12.2. The van der Waals surface area contributed by atoms with Crippen molar-refractivity contribution in [2.45, 2.75) is 118 Å². The van der Waals surface area contributed by atoms with E-state index in [1.165, 1.54) is 68.1 Å². The number of benzene rings is 1. The third-order valence-electron chi connectivity index (χ3n) is 16.9. The maximum atomic E-state index is 12.2. The number of carbonyl (C=O) groups excluding carboxylic acids is 2. The van der Waals surface area contributed by atoms with Crippen LogP contribution in [0.2, 0.25) is 0 Å². The SMILES string of the molecule is C=C(C)[C@@H]1CC[C@]2(NCCN3CCN(C(=O)CC)CC3)CC[C@]3(C)[C@H](CC[C@@H]4[C@@]5(C)CC=C(c6ccc(OC=O)cc6)C(C)(C)[C@@H]5CC[C@]43C)[C@@H]12. The molecule has 0 aromatic heterocycles. The highest BCUT2D eigenvalue weighted by Crippen LogP contribution is 2.76. The first-order valence-corrected chi connectivity index (χ1v) is 20.6. The summed E-state index contributed by atoms with van der Waals surface area (Å²) in [5.41, 5.74) is 5.34. The third-order valence-corrected chi connectivity index (χ3v) is 16.9. The highest BCUT2D eigenvalue weighted by atomic mass is 16.5. The Bertz CT molecular complexity index is 1530. The summed E-state index contributed by atoms with van der Waals surface area (Å²) in [7, 11) is 0. The first-order chi connectivity index (χ1) is 24.2. The summed E-state index contributed by atoms with van der Waals surface area (Å²) in [5.74, 6) is 4.25. The van der Waals surface area contributed by atoms with Crippen molar-refractivity contribution in [2.75, 3.05) is 39.3 Å². The molecule has 1 N–H and O–H groups in total. The molecule has 0 bridgehead atoms. The Labute approximate surface area is 309 Å². The monoisotopic (exact) mass is 698 g/mol. The number of nitrogens with one attached hydrogen (secondary N) is 1. The molecule has 6 aliphatic rings. The normalized spacial score (nSPS) is 40.3. The number of piperazine rings is 1. The molecule has 5 aliphatic carbocycles. The van der Waals surface area contributed by atoms with Crippen LogP contribution in [0.25, 0.3) is 5.57 Å². The predicted molar refractivity (Wildman–Crippen MR) is 207 cm³/mol. The van der Waals surface area contributed by atoms with E-state index >= 15 is 0 Å². The Morgan fingerprint density at radius 3 is 2.31 bits per heavy atom. The van der Waals surface area contributed by atoms with Crippen LogP contribution in [0.1, 0.15) is 118 Å². The molecular weight excluding hydrogens is 631 g/mol. The summed E-state index contributed by atoms with van der Waals surface area (Å²) >= 11 is 0. The van der Waals surface area contributed by atoms with Crippen molar-refractivity contribution in [2.24, 2.45) is 51.2 Å². The summed E-state index contributed by atoms with van der Waals surface area (Å²) in [6, 6.07) is 8.16. The van der Waals surface area contributed by atoms with Crippen LogP contribution in [0.4, 0.5) is 0 Å². The molecular formula is C45H67N3O3. The van der Waals surface area contributed by atoms with E-state index in [-0.39, 0.29) is 16.4 Å². The largest absolute Gasteiger partial charge is 0.429 e. The zero-order valence-corrected chi connectivity index (χ0v) is 33.0. The van der Waals surface area contributed by atoms with E-state index in [0.717, 1.165) is 51.6 Å². The minimum Gasteiger partial charge on any atom is -0.429 e. The second kappa shape index (κ2) is 13.4. The van der Waals surface area contributed by atoms with Gasteiger partial charge in [0.2, 0.25) is 5.91 Å². The smallest absolute Gasteiger partial charge is 0.298 e. The fourth-order valence-electron chi connectivity index (χ4n) is 14.2. The van der Waals surface area contributed by atoms with Gasteiger partial charge in [-0.3, -0.25) is 14.5 Å². The molecule has 1 heterocycles. The lowest BCUT2D eigenvalue weighted by Crippen LogP contribution is -2.68. The number of fused-ring (bicyclic) bond motifs is 7. The molecule has 0 radical (unpaired) electrons. The van der Waals surface area contributed by atoms with Gasteiger partial charge in [0.15, 0.2) is 0 Å². The molecule has 0 spiro atoms. The van der Waals surface area contributed by atoms with Crippen LogP contribution < -0.4 is 10.1 Å². The molecule has 9 atom stereocenters. The van der Waals surface area contributed by atoms with E-state index in [1.54, 1.807) is 0 Å². The zero-order valence-electron chi connectivity index (χ0n) is 33.0. The molecule has 51 heavy (non-hydrogen) atoms. The first kappa shape index (κ1) is 36.9. The topological polar surface area (TPSA) is 61.9 Å². The van der Waals surface area contributed by atoms with Crippen LogP contribution in [0.3, 0.4) is 0 Å². The van der Waals surface area contributed by atoms with Crippen molar-refractivity contribution in [3.05, 3.63) is 48.1 Å². The van der Waals surface area contributed by atoms with Crippen LogP contribution in [0.15, 0.2) is 42.5 Å². The lowest BCUT2D eigenvalue weighted by atomic mass is 9.33. The summed E-state index contributed by atoms with van der Waals surface area (Å²) in [5, 5.41) is 4.31. The number of ether oxygens (including phenoxy) is 1. The first-order valence-electron chi connectivity index (χ1n) is 20.6. The van der Waals surface area contributed by atoms with Crippen molar-refractivity contribution < 1.29 is 14.3 Å². The Kier molecular flexibility index (Phi) is 9.73. The van der Waals surface area contributed by atoms with Crippen molar-refractivity contribution in [3.63, 3.8) is 0 Å². The van der Waals surface area contributed by atoms with Gasteiger partial charge in [-0.2, -0.15) is 0 Å². The van der Waals surface area contributed by atoms with E-state index in [9.17, 15) is 9.59 Å². The molecule has 1 aliphatic heterocycles. The summed E-state index contributed by atoms with van der Waals surface area (Å²) in [6.45, 7) is 28.5. The van der Waals surface area contributed by atoms with Gasteiger partial charge in [-0.25, -0.2) is 0 Å². The standard InChI is InChI=1S/C45H67N3O3/c1-9-39(50)48-28-26-47(27-29-48)25-24-46-45-21-16-34(31(2)3)40(45)36-14-15-38-42(6)19-17-35(32-10-12-33(13-11-32)51-30-49)41(4,5)37(42)18-20-44(38,8)43(36,7)22-23-45/h10-13,17,30,34,36-38,40,46H,2,9,14-16,18-29H2,1,3-8H3/t34-,36+,37-,38+,40+,42-,43+,44+,45-/m0/s1. The minimum atomic E-state index is 0.0689. The summed E-state index contributed by atoms with van der Waals surface area (Å²) in [6.07, 6.45) is 14.8. The van der Waals surface area contributed by atoms with Gasteiger partial charge < -0.3 is 15.0 Å². The second-order valence-corrected chi connectivity index (χ2v) is 19.1. The van der Waals surface area contributed by atoms with Gasteiger partial charge in [-0.05, 0) is 139 Å². The highest BCUT2D eigenvalue weighted by molar-refractivity contribution is 5.76. The average Bonchev–Trinajstić information content (AvgIpc) is 3.49. The van der Waals surface area contributed by atoms with Crippen molar-refractivity contribution in [1.82, 2.24) is 15.1 Å². The number of carbonyl (C=O) groups is 2. The van der Waals surface area contributed by atoms with Crippen molar-refractivity contribution in [1.29, 1.82) is 0 Å². The fraction of sp³-hybridized carbons (Fsp3) is 0.733. The van der Waals surface area contributed by atoms with Crippen LogP contribution in [0.5, 0.6) is 5.75 Å². The number of rotatable bonds is 9. The molecule has 7 rings (SSSR count). The molecule has 0 unspecified atom stereocenters. The maximum Gasteiger partial charge on any atom is 0.298 e. The molecule has 1 saturated heterocycles. The summed E-state index contributed by atoms with van der Waals surface area (Å²) < 4.78 is 5.11. The predicted octanol–water partition coefficient (Wildman–Crippen LogP) is 8.77. The van der Waals surface area contributed by atoms with E-state index < -0.39 is 0 Å². The van der Waals surface area contributed by atoms with Gasteiger partial charge in [0.1, 0.15) is 5.75 Å². The molecule has 6 heteroatoms. The zero-order chi connectivity index (χ0) is 36.4. The van der Waals surface area contributed by atoms with Gasteiger partial charge in [-0.15, -0.1) is 0 Å². The Hall–Kier alpha value is -2.44. The van der Waals surface area contributed by atoms with Crippen LogP contribution >= 0.6 is 0 Å². The van der Waals surface area contributed by atoms with Crippen LogP contribution in [-0.2, 0) is 9.59 Å². The summed E-state index contributed by atoms with van der Waals surface area (Å²) in [4.78, 5) is 27.8. The van der Waals surface area contributed by atoms with E-state index in [1.807, 2.05) is 19.1 Å². The Morgan fingerprint density at radius 1 is 0.922 bits per heavy atom. The third kappa shape index (κ3) is 5.79. The van der Waals surface area contributed by atoms with Gasteiger partial charge in [-0.1, -0.05) is 71.9 Å².